The van der Waals surface area contributed by atoms with Gasteiger partial charge in [0, 0.05) is 73.3 Å². The number of carbonyl (C=O) groups is 4. The van der Waals surface area contributed by atoms with Crippen molar-refractivity contribution in [3.8, 4) is 0 Å². The molecule has 0 radical (unpaired) electrons. The van der Waals surface area contributed by atoms with Gasteiger partial charge in [-0.05, 0) is 57.2 Å². The molecule has 2 heterocycles. The van der Waals surface area contributed by atoms with Crippen molar-refractivity contribution in [1.82, 2.24) is 5.32 Å². The molecule has 0 aliphatic carbocycles. The van der Waals surface area contributed by atoms with Crippen LogP contribution in [-0.4, -0.2) is 85.6 Å². The Labute approximate surface area is 527 Å². The molecule has 14 nitrogen and oxygen atoms in total. The van der Waals surface area contributed by atoms with Crippen molar-refractivity contribution < 1.29 is 56.8 Å². The van der Waals surface area contributed by atoms with Gasteiger partial charge in [-0.25, -0.2) is 4.57 Å². The fourth-order valence-electron chi connectivity index (χ4n) is 12.2. The minimum absolute atomic E-state index is 0.0147. The number of phosphoric acid groups is 1. The standard InChI is InChI=1S/C71H116N3O9P.CH2O2/c1-8-10-12-14-16-18-20-22-24-26-28-30-32-34-38-53-68(76)80-58-60(83-69(77)54-39-35-33-31-29-27-25-23-21-19-17-15-13-11-9-2)59-82-84(78,79)81-57-55-72-67(75)52-37-36-44-56-74-64-49-43-41-47-62(64)71(5,6)66(74)51-45-50-65-70(3,4)61-46-40-42-48-63(61)73(65)7;2-1-3/h40-43,45-51,60H,8-39,44,52-59H2,1-7H3,(H-,72,75,78,79);1H,(H,2,3)/t60-;/m1./s1. The lowest BCUT2D eigenvalue weighted by Crippen LogP contribution is -2.30. The Morgan fingerprint density at radius 1 is 0.609 bits per heavy atom. The third-order valence-corrected chi connectivity index (χ3v) is 18.3. The van der Waals surface area contributed by atoms with Crippen molar-refractivity contribution in [2.45, 2.75) is 290 Å². The maximum Gasteiger partial charge on any atom is 0.472 e. The minimum Gasteiger partial charge on any atom is -0.554 e. The van der Waals surface area contributed by atoms with E-state index < -0.39 is 38.9 Å². The number of carbonyl (C=O) groups excluding carboxylic acids is 4. The molecule has 0 spiro atoms. The van der Waals surface area contributed by atoms with E-state index in [1.54, 1.807) is 0 Å². The number of unbranched alkanes of at least 4 members (excludes halogenated alkanes) is 30. The maximum atomic E-state index is 13.0. The highest BCUT2D eigenvalue weighted by Gasteiger charge is 2.43. The Kier molecular flexibility index (Phi) is 40.2. The summed E-state index contributed by atoms with van der Waals surface area (Å²) in [5, 5.41) is 11.0. The van der Waals surface area contributed by atoms with Gasteiger partial charge in [-0.3, -0.25) is 23.4 Å². The molecule has 4 rings (SSSR count). The summed E-state index contributed by atoms with van der Waals surface area (Å²) in [6, 6.07) is 17.2. The smallest absolute Gasteiger partial charge is 0.472 e. The molecule has 2 atom stereocenters. The quantitative estimate of drug-likeness (QED) is 0.0210. The van der Waals surface area contributed by atoms with E-state index in [1.165, 1.54) is 175 Å². The molecule has 0 aromatic heterocycles. The predicted molar refractivity (Wildman–Crippen MR) is 354 cm³/mol. The van der Waals surface area contributed by atoms with E-state index in [4.69, 9.17) is 28.4 Å². The SMILES string of the molecule is CCCCCCCCCCCCCCCCCC(=O)OC[C@H](COP(=O)(O)OCCNC(=O)CCCCCN1/C(=C/C=C/C2=[N+](C)c3ccccc3C2(C)C)C(C)(C)c2ccccc21)OC(=O)CCCCCCCCCCCCCCCCC.O=C[O-]. The number of hydrogen-bond donors (Lipinski definition) is 2. The fraction of sp³-hybridized carbons (Fsp3) is 0.708. The zero-order chi connectivity index (χ0) is 63.4. The van der Waals surface area contributed by atoms with Crippen LogP contribution >= 0.6 is 7.82 Å². The Bertz CT molecular complexity index is 2380. The van der Waals surface area contributed by atoms with E-state index >= 15 is 0 Å². The van der Waals surface area contributed by atoms with E-state index in [1.807, 2.05) is 0 Å². The summed E-state index contributed by atoms with van der Waals surface area (Å²) in [7, 11) is -2.47. The first-order chi connectivity index (χ1) is 42.0. The number of rotatable bonds is 50. The lowest BCUT2D eigenvalue weighted by Gasteiger charge is -2.27. The van der Waals surface area contributed by atoms with Crippen LogP contribution < -0.4 is 15.3 Å². The van der Waals surface area contributed by atoms with Crippen molar-refractivity contribution in [2.24, 2.45) is 0 Å². The van der Waals surface area contributed by atoms with Crippen LogP contribution in [-0.2, 0) is 53.1 Å². The van der Waals surface area contributed by atoms with Gasteiger partial charge in [-0.1, -0.05) is 256 Å². The molecule has 0 fully saturated rings. The van der Waals surface area contributed by atoms with E-state index in [9.17, 15) is 23.8 Å². The number of ether oxygens (including phenoxy) is 2. The second-order valence-corrected chi connectivity index (χ2v) is 26.8. The molecule has 2 N–H and O–H groups in total. The lowest BCUT2D eigenvalue weighted by atomic mass is 9.81. The zero-order valence-electron chi connectivity index (χ0n) is 55.4. The first-order valence-electron chi connectivity index (χ1n) is 34.3. The molecule has 0 saturated carbocycles. The molecule has 2 aliphatic heterocycles. The third-order valence-electron chi connectivity index (χ3n) is 17.3. The van der Waals surface area contributed by atoms with Gasteiger partial charge in [0.05, 0.1) is 18.6 Å². The summed E-state index contributed by atoms with van der Waals surface area (Å²) in [5.41, 5.74) is 7.29. The van der Waals surface area contributed by atoms with Crippen molar-refractivity contribution in [3.63, 3.8) is 0 Å². The molecule has 2 aliphatic rings. The number of amides is 1. The molecule has 2 aromatic carbocycles. The Morgan fingerprint density at radius 2 is 1.06 bits per heavy atom. The van der Waals surface area contributed by atoms with Gasteiger partial charge in [-0.2, -0.15) is 4.58 Å². The van der Waals surface area contributed by atoms with E-state index in [2.05, 4.69) is 130 Å². The first-order valence-corrected chi connectivity index (χ1v) is 35.8. The van der Waals surface area contributed by atoms with Crippen LogP contribution in [0.4, 0.5) is 11.4 Å². The van der Waals surface area contributed by atoms with Crippen molar-refractivity contribution >= 4 is 49.2 Å². The van der Waals surface area contributed by atoms with E-state index in [0.29, 0.717) is 25.7 Å². The van der Waals surface area contributed by atoms with E-state index in [-0.39, 0.29) is 49.3 Å². The fourth-order valence-corrected chi connectivity index (χ4v) is 13.0. The van der Waals surface area contributed by atoms with Crippen molar-refractivity contribution in [2.75, 3.05) is 44.9 Å². The van der Waals surface area contributed by atoms with Crippen LogP contribution in [0, 0.1) is 0 Å². The Morgan fingerprint density at radius 3 is 1.57 bits per heavy atom. The van der Waals surface area contributed by atoms with Crippen LogP contribution in [0.25, 0.3) is 0 Å². The molecule has 15 heteroatoms. The zero-order valence-corrected chi connectivity index (χ0v) is 56.3. The number of hydrogen-bond acceptors (Lipinski definition) is 11. The van der Waals surface area contributed by atoms with Crippen LogP contribution in [0.1, 0.15) is 284 Å². The van der Waals surface area contributed by atoms with Gasteiger partial charge >= 0.3 is 19.8 Å². The summed E-state index contributed by atoms with van der Waals surface area (Å²) in [6.45, 7) is 13.0. The molecular weight excluding hydrogens is 1110 g/mol. The van der Waals surface area contributed by atoms with Gasteiger partial charge < -0.3 is 34.5 Å². The Hall–Kier alpha value is -4.62. The monoisotopic (exact) mass is 1230 g/mol. The van der Waals surface area contributed by atoms with Crippen LogP contribution in [0.15, 0.2) is 72.5 Å². The Balaban J connectivity index is 0.00000646. The number of anilines is 1. The number of esters is 2. The normalized spacial score (nSPS) is 15.4. The maximum absolute atomic E-state index is 13.0. The molecular formula is C72H118N3O11P. The average Bonchev–Trinajstić information content (AvgIpc) is 1.76. The molecule has 87 heavy (non-hydrogen) atoms. The van der Waals surface area contributed by atoms with Crippen molar-refractivity contribution in [3.05, 3.63) is 83.6 Å². The van der Waals surface area contributed by atoms with Crippen molar-refractivity contribution in [1.29, 1.82) is 0 Å². The second kappa shape index (κ2) is 45.6. The predicted octanol–water partition coefficient (Wildman–Crippen LogP) is 17.1. The van der Waals surface area contributed by atoms with Crippen LogP contribution in [0.2, 0.25) is 0 Å². The first kappa shape index (κ1) is 76.6. The van der Waals surface area contributed by atoms with Gasteiger partial charge in [0.15, 0.2) is 11.8 Å². The molecule has 1 amide bonds. The van der Waals surface area contributed by atoms with Gasteiger partial charge in [-0.15, -0.1) is 0 Å². The summed E-state index contributed by atoms with van der Waals surface area (Å²) >= 11 is 0. The molecule has 1 unspecified atom stereocenters. The second-order valence-electron chi connectivity index (χ2n) is 25.3. The molecule has 492 valence electrons. The third kappa shape index (κ3) is 31.1. The largest absolute Gasteiger partial charge is 0.554 e. The highest BCUT2D eigenvalue weighted by molar-refractivity contribution is 7.47. The number of para-hydroxylation sites is 2. The number of nitrogens with one attached hydrogen (secondary N) is 1. The number of carboxylic acid groups (broad SMARTS) is 1. The average molecular weight is 1230 g/mol. The summed E-state index contributed by atoms with van der Waals surface area (Å²) in [6.07, 6.45) is 45.7. The summed E-state index contributed by atoms with van der Waals surface area (Å²) in [5.74, 6) is -1.04. The number of phosphoric ester groups is 1. The topological polar surface area (TPSA) is 184 Å². The number of benzene rings is 2. The number of allylic oxidation sites excluding steroid dienone is 4. The van der Waals surface area contributed by atoms with E-state index in [0.717, 1.165) is 57.9 Å². The van der Waals surface area contributed by atoms with Crippen LogP contribution in [0.5, 0.6) is 0 Å². The molecule has 0 saturated heterocycles. The lowest BCUT2D eigenvalue weighted by molar-refractivity contribution is -0.401. The number of nitrogens with zero attached hydrogens (tertiary/aromatic N) is 2. The minimum atomic E-state index is -4.61. The highest BCUT2D eigenvalue weighted by Crippen LogP contribution is 2.48. The van der Waals surface area contributed by atoms with Gasteiger partial charge in [0.1, 0.15) is 13.7 Å². The summed E-state index contributed by atoms with van der Waals surface area (Å²) in [4.78, 5) is 59.9. The van der Waals surface area contributed by atoms with Crippen LogP contribution in [0.3, 0.4) is 0 Å². The van der Waals surface area contributed by atoms with Gasteiger partial charge in [0.2, 0.25) is 11.6 Å². The highest BCUT2D eigenvalue weighted by atomic mass is 31.2. The molecule has 2 aromatic rings. The van der Waals surface area contributed by atoms with Gasteiger partial charge in [0.25, 0.3) is 0 Å². The number of fused-ring (bicyclic) bond motifs is 2. The summed E-state index contributed by atoms with van der Waals surface area (Å²) < 4.78 is 37.0. The molecule has 0 bridgehead atoms.